The number of rotatable bonds is 3. The molecule has 0 aliphatic rings. The summed E-state index contributed by atoms with van der Waals surface area (Å²) in [5, 5.41) is 0. The van der Waals surface area contributed by atoms with Crippen LogP contribution in [0.25, 0.3) is 0 Å². The van der Waals surface area contributed by atoms with Gasteiger partial charge in [0.25, 0.3) is 0 Å². The molecule has 0 unspecified atom stereocenters. The third kappa shape index (κ3) is 10.7. The molecule has 0 saturated carbocycles. The molecule has 2 N–H and O–H groups in total. The van der Waals surface area contributed by atoms with Crippen molar-refractivity contribution < 1.29 is 10.2 Å². The first-order valence-corrected chi connectivity index (χ1v) is 2.40. The lowest BCUT2D eigenvalue weighted by Crippen LogP contribution is -1.84. The fraction of sp³-hybridized carbons (Fsp3) is 1.00. The van der Waals surface area contributed by atoms with E-state index < -0.39 is 0 Å². The van der Waals surface area contributed by atoms with Gasteiger partial charge in [-0.25, -0.2) is 0 Å². The fourth-order valence-electron chi connectivity index (χ4n) is 0.289. The molecule has 0 atom stereocenters. The smallest absolute Gasteiger partial charge is 0.0462 e. The zero-order chi connectivity index (χ0) is 4.83. The minimum absolute atomic E-state index is 0. The number of ether oxygens (including phenoxy) is 1. The molecule has 0 radical (unpaired) electrons. The van der Waals surface area contributed by atoms with Gasteiger partial charge in [0.2, 0.25) is 0 Å². The molecule has 0 aromatic carbocycles. The Morgan fingerprint density at radius 1 is 1.43 bits per heavy atom. The van der Waals surface area contributed by atoms with E-state index >= 15 is 0 Å². The zero-order valence-electron chi connectivity index (χ0n) is 5.03. The molecular weight excluding hydrogens is 92.1 g/mol. The van der Waals surface area contributed by atoms with Gasteiger partial charge in [0.05, 0.1) is 0 Å². The van der Waals surface area contributed by atoms with Crippen molar-refractivity contribution in [3.05, 3.63) is 0 Å². The maximum absolute atomic E-state index is 4.78. The Labute approximate surface area is 44.8 Å². The third-order valence-electron chi connectivity index (χ3n) is 0.702. The fourth-order valence-corrected chi connectivity index (χ4v) is 0.289. The van der Waals surface area contributed by atoms with Crippen molar-refractivity contribution in [3.8, 4) is 0 Å². The van der Waals surface area contributed by atoms with Gasteiger partial charge in [0.1, 0.15) is 0 Å². The molecule has 0 fully saturated rings. The minimum atomic E-state index is 0. The molecule has 0 saturated heterocycles. The van der Waals surface area contributed by atoms with Gasteiger partial charge in [0.15, 0.2) is 0 Å². The molecular formula is C5H14O2. The number of methoxy groups -OCH3 is 1. The zero-order valence-corrected chi connectivity index (χ0v) is 5.03. The van der Waals surface area contributed by atoms with Gasteiger partial charge in [-0.05, 0) is 6.42 Å². The van der Waals surface area contributed by atoms with Gasteiger partial charge in [-0.1, -0.05) is 13.3 Å². The van der Waals surface area contributed by atoms with Crippen LogP contribution in [0, 0.1) is 0 Å². The van der Waals surface area contributed by atoms with Crippen LogP contribution in [-0.4, -0.2) is 19.2 Å². The molecule has 0 aliphatic carbocycles. The van der Waals surface area contributed by atoms with Crippen LogP contribution in [0.1, 0.15) is 19.8 Å². The predicted molar refractivity (Wildman–Crippen MR) is 30.4 cm³/mol. The number of hydrogen-bond acceptors (Lipinski definition) is 1. The average Bonchev–Trinajstić information content (AvgIpc) is 1.61. The summed E-state index contributed by atoms with van der Waals surface area (Å²) in [6.07, 6.45) is 2.42. The van der Waals surface area contributed by atoms with E-state index in [9.17, 15) is 0 Å². The van der Waals surface area contributed by atoms with Crippen LogP contribution < -0.4 is 0 Å². The standard InChI is InChI=1S/C5H12O.H2O/c1-3-4-5-6-2;/h3-5H2,1-2H3;1H2. The topological polar surface area (TPSA) is 40.7 Å². The van der Waals surface area contributed by atoms with E-state index in [1.54, 1.807) is 7.11 Å². The maximum Gasteiger partial charge on any atom is 0.0462 e. The van der Waals surface area contributed by atoms with Crippen molar-refractivity contribution in [2.45, 2.75) is 19.8 Å². The Morgan fingerprint density at radius 3 is 2.14 bits per heavy atom. The molecule has 0 aliphatic heterocycles. The predicted octanol–water partition coefficient (Wildman–Crippen LogP) is 0.608. The highest BCUT2D eigenvalue weighted by molar-refractivity contribution is 4.26. The summed E-state index contributed by atoms with van der Waals surface area (Å²) in [6, 6.07) is 0. The van der Waals surface area contributed by atoms with Crippen LogP contribution in [0.3, 0.4) is 0 Å². The monoisotopic (exact) mass is 106 g/mol. The quantitative estimate of drug-likeness (QED) is 0.486. The van der Waals surface area contributed by atoms with E-state index in [1.807, 2.05) is 0 Å². The average molecular weight is 106 g/mol. The van der Waals surface area contributed by atoms with Crippen LogP contribution in [0.4, 0.5) is 0 Å². The van der Waals surface area contributed by atoms with Gasteiger partial charge < -0.3 is 10.2 Å². The van der Waals surface area contributed by atoms with E-state index in [4.69, 9.17) is 4.74 Å². The first-order chi connectivity index (χ1) is 2.91. The van der Waals surface area contributed by atoms with Crippen molar-refractivity contribution in [1.29, 1.82) is 0 Å². The van der Waals surface area contributed by atoms with Gasteiger partial charge in [-0.2, -0.15) is 0 Å². The summed E-state index contributed by atoms with van der Waals surface area (Å²) in [5.74, 6) is 0. The summed E-state index contributed by atoms with van der Waals surface area (Å²) in [5.41, 5.74) is 0. The van der Waals surface area contributed by atoms with Crippen LogP contribution in [0.2, 0.25) is 0 Å². The van der Waals surface area contributed by atoms with E-state index in [2.05, 4.69) is 6.92 Å². The molecule has 2 heteroatoms. The second kappa shape index (κ2) is 9.33. The molecule has 0 aromatic heterocycles. The second-order valence-corrected chi connectivity index (χ2v) is 1.35. The van der Waals surface area contributed by atoms with Gasteiger partial charge in [0, 0.05) is 13.7 Å². The van der Waals surface area contributed by atoms with Crippen molar-refractivity contribution >= 4 is 0 Å². The SMILES string of the molecule is CCCCOC.O. The first kappa shape index (κ1) is 10.0. The highest BCUT2D eigenvalue weighted by Gasteiger charge is 1.74. The van der Waals surface area contributed by atoms with Crippen molar-refractivity contribution in [1.82, 2.24) is 0 Å². The lowest BCUT2D eigenvalue weighted by atomic mass is 10.4. The van der Waals surface area contributed by atoms with Crippen LogP contribution in [0.15, 0.2) is 0 Å². The minimum Gasteiger partial charge on any atom is -0.412 e. The van der Waals surface area contributed by atoms with Crippen molar-refractivity contribution in [2.75, 3.05) is 13.7 Å². The normalized spacial score (nSPS) is 7.71. The van der Waals surface area contributed by atoms with Gasteiger partial charge in [-0.15, -0.1) is 0 Å². The van der Waals surface area contributed by atoms with Crippen molar-refractivity contribution in [2.24, 2.45) is 0 Å². The van der Waals surface area contributed by atoms with E-state index in [-0.39, 0.29) is 5.48 Å². The maximum atomic E-state index is 4.78. The molecule has 0 rings (SSSR count). The number of unbranched alkanes of at least 4 members (excludes halogenated alkanes) is 1. The second-order valence-electron chi connectivity index (χ2n) is 1.35. The molecule has 7 heavy (non-hydrogen) atoms. The van der Waals surface area contributed by atoms with Crippen LogP contribution in [0.5, 0.6) is 0 Å². The van der Waals surface area contributed by atoms with Gasteiger partial charge in [-0.3, -0.25) is 0 Å². The third-order valence-corrected chi connectivity index (χ3v) is 0.702. The van der Waals surface area contributed by atoms with Crippen LogP contribution in [-0.2, 0) is 4.74 Å². The Hall–Kier alpha value is -0.0800. The van der Waals surface area contributed by atoms with Crippen LogP contribution >= 0.6 is 0 Å². The molecule has 0 amide bonds. The summed E-state index contributed by atoms with van der Waals surface area (Å²) >= 11 is 0. The molecule has 2 nitrogen and oxygen atoms in total. The summed E-state index contributed by atoms with van der Waals surface area (Å²) in [6.45, 7) is 3.07. The Balaban J connectivity index is 0. The van der Waals surface area contributed by atoms with E-state index in [0.29, 0.717) is 0 Å². The molecule has 46 valence electrons. The van der Waals surface area contributed by atoms with E-state index in [1.165, 1.54) is 12.8 Å². The summed E-state index contributed by atoms with van der Waals surface area (Å²) in [7, 11) is 1.73. The Kier molecular flexibility index (Phi) is 13.3. The molecule has 0 aromatic rings. The van der Waals surface area contributed by atoms with Crippen molar-refractivity contribution in [3.63, 3.8) is 0 Å². The lowest BCUT2D eigenvalue weighted by molar-refractivity contribution is 0.194. The molecule has 0 heterocycles. The lowest BCUT2D eigenvalue weighted by Gasteiger charge is -1.89. The molecule has 0 spiro atoms. The Bertz CT molecular complexity index is 18.0. The highest BCUT2D eigenvalue weighted by atomic mass is 16.5. The summed E-state index contributed by atoms with van der Waals surface area (Å²) < 4.78 is 4.78. The molecule has 0 bridgehead atoms. The summed E-state index contributed by atoms with van der Waals surface area (Å²) in [4.78, 5) is 0. The first-order valence-electron chi connectivity index (χ1n) is 2.40. The Morgan fingerprint density at radius 2 is 2.00 bits per heavy atom. The highest BCUT2D eigenvalue weighted by Crippen LogP contribution is 1.83. The van der Waals surface area contributed by atoms with Gasteiger partial charge >= 0.3 is 0 Å². The largest absolute Gasteiger partial charge is 0.412 e. The van der Waals surface area contributed by atoms with E-state index in [0.717, 1.165) is 6.61 Å². The number of hydrogen-bond donors (Lipinski definition) is 0.